The van der Waals surface area contributed by atoms with Crippen LogP contribution in [0, 0.1) is 25.2 Å². The number of halogens is 1. The predicted octanol–water partition coefficient (Wildman–Crippen LogP) is 6.96. The summed E-state index contributed by atoms with van der Waals surface area (Å²) in [6, 6.07) is 26.6. The molecule has 0 aliphatic heterocycles. The van der Waals surface area contributed by atoms with Gasteiger partial charge in [-0.25, -0.2) is 4.98 Å². The molecule has 1 N–H and O–H groups in total. The van der Waals surface area contributed by atoms with Crippen LogP contribution in [0.3, 0.4) is 0 Å². The predicted molar refractivity (Wildman–Crippen MR) is 131 cm³/mol. The number of anilines is 2. The summed E-state index contributed by atoms with van der Waals surface area (Å²) in [7, 11) is 0. The number of nitriles is 1. The van der Waals surface area contributed by atoms with Crippen molar-refractivity contribution in [2.75, 3.05) is 5.32 Å². The van der Waals surface area contributed by atoms with Crippen molar-refractivity contribution in [1.82, 2.24) is 9.38 Å². The quantitative estimate of drug-likeness (QED) is 0.331. The smallest absolute Gasteiger partial charge is 0.157 e. The minimum absolute atomic E-state index is 0.597. The highest BCUT2D eigenvalue weighted by Gasteiger charge is 2.21. The van der Waals surface area contributed by atoms with Crippen LogP contribution in [0.1, 0.15) is 27.8 Å². The topological polar surface area (TPSA) is 53.1 Å². The molecule has 3 aromatic carbocycles. The number of aryl methyl sites for hydroxylation is 1. The van der Waals surface area contributed by atoms with Gasteiger partial charge in [-0.15, -0.1) is 0 Å². The maximum absolute atomic E-state index is 10.0. The first-order valence-electron chi connectivity index (χ1n) is 10.5. The Labute approximate surface area is 191 Å². The number of benzene rings is 3. The van der Waals surface area contributed by atoms with E-state index in [-0.39, 0.29) is 0 Å². The van der Waals surface area contributed by atoms with Crippen LogP contribution in [0.5, 0.6) is 0 Å². The van der Waals surface area contributed by atoms with Crippen molar-refractivity contribution in [3.63, 3.8) is 0 Å². The van der Waals surface area contributed by atoms with E-state index >= 15 is 0 Å². The van der Waals surface area contributed by atoms with Gasteiger partial charge in [0.2, 0.25) is 0 Å². The van der Waals surface area contributed by atoms with Gasteiger partial charge in [0.1, 0.15) is 11.9 Å². The molecule has 0 radical (unpaired) electrons. The molecule has 0 atom stereocenters. The summed E-state index contributed by atoms with van der Waals surface area (Å²) in [6.07, 6.45) is 0.686. The molecule has 5 rings (SSSR count). The van der Waals surface area contributed by atoms with Crippen LogP contribution in [0.2, 0.25) is 5.02 Å². The largest absolute Gasteiger partial charge is 0.341 e. The summed E-state index contributed by atoms with van der Waals surface area (Å²) in [4.78, 5) is 4.80. The average molecular weight is 437 g/mol. The van der Waals surface area contributed by atoms with E-state index in [1.54, 1.807) is 0 Å². The van der Waals surface area contributed by atoms with Gasteiger partial charge < -0.3 is 5.32 Å². The fourth-order valence-corrected chi connectivity index (χ4v) is 4.32. The Morgan fingerprint density at radius 3 is 2.50 bits per heavy atom. The summed E-state index contributed by atoms with van der Waals surface area (Å²) >= 11 is 6.42. The standard InChI is InChI=1S/C27H21ClN4/c1-17-12-13-20(15-23(17)28)30-26-21(14-19-8-4-3-5-9-19)18(2)22(16-29)27-31-24-10-6-7-11-25(24)32(26)27/h3-13,15,30H,14H2,1-2H3. The molecular weight excluding hydrogens is 416 g/mol. The highest BCUT2D eigenvalue weighted by molar-refractivity contribution is 6.31. The van der Waals surface area contributed by atoms with E-state index in [1.807, 2.05) is 74.5 Å². The van der Waals surface area contributed by atoms with Gasteiger partial charge in [0.05, 0.1) is 16.6 Å². The molecule has 0 aliphatic carbocycles. The normalized spacial score (nSPS) is 11.1. The van der Waals surface area contributed by atoms with E-state index in [2.05, 4.69) is 27.9 Å². The lowest BCUT2D eigenvalue weighted by Crippen LogP contribution is -2.09. The molecule has 0 spiro atoms. The third kappa shape index (κ3) is 3.37. The first kappa shape index (κ1) is 20.1. The molecule has 0 fully saturated rings. The molecule has 0 bridgehead atoms. The zero-order chi connectivity index (χ0) is 22.2. The third-order valence-electron chi connectivity index (χ3n) is 5.89. The number of aromatic nitrogens is 2. The second-order valence-electron chi connectivity index (χ2n) is 7.95. The Bertz CT molecular complexity index is 1510. The van der Waals surface area contributed by atoms with Crippen molar-refractivity contribution >= 4 is 39.8 Å². The van der Waals surface area contributed by atoms with Gasteiger partial charge in [-0.05, 0) is 54.8 Å². The van der Waals surface area contributed by atoms with Crippen molar-refractivity contribution in [3.8, 4) is 6.07 Å². The van der Waals surface area contributed by atoms with Crippen LogP contribution in [0.15, 0.2) is 72.8 Å². The summed E-state index contributed by atoms with van der Waals surface area (Å²) in [5.41, 5.74) is 8.13. The Morgan fingerprint density at radius 2 is 1.75 bits per heavy atom. The Balaban J connectivity index is 1.83. The molecule has 0 saturated heterocycles. The Hall–Kier alpha value is -3.81. The van der Waals surface area contributed by atoms with E-state index in [1.165, 1.54) is 5.56 Å². The molecule has 5 heteroatoms. The molecule has 0 saturated carbocycles. The van der Waals surface area contributed by atoms with Gasteiger partial charge in [0.15, 0.2) is 5.65 Å². The second-order valence-corrected chi connectivity index (χ2v) is 8.36. The molecule has 5 aromatic rings. The first-order chi connectivity index (χ1) is 15.6. The molecule has 0 aliphatic rings. The third-order valence-corrected chi connectivity index (χ3v) is 6.30. The molecule has 2 heterocycles. The first-order valence-corrected chi connectivity index (χ1v) is 10.8. The van der Waals surface area contributed by atoms with E-state index in [0.29, 0.717) is 22.7 Å². The van der Waals surface area contributed by atoms with Crippen molar-refractivity contribution in [3.05, 3.63) is 106 Å². The second kappa shape index (κ2) is 8.03. The number of hydrogen-bond donors (Lipinski definition) is 1. The van der Waals surface area contributed by atoms with Gasteiger partial charge in [-0.1, -0.05) is 60.1 Å². The van der Waals surface area contributed by atoms with Crippen molar-refractivity contribution < 1.29 is 0 Å². The lowest BCUT2D eigenvalue weighted by molar-refractivity contribution is 1.08. The highest BCUT2D eigenvalue weighted by atomic mass is 35.5. The number of fused-ring (bicyclic) bond motifs is 3. The number of rotatable bonds is 4. The van der Waals surface area contributed by atoms with E-state index in [0.717, 1.165) is 39.2 Å². The van der Waals surface area contributed by atoms with Crippen molar-refractivity contribution in [2.24, 2.45) is 0 Å². The number of pyridine rings is 1. The van der Waals surface area contributed by atoms with Crippen LogP contribution in [0.4, 0.5) is 11.5 Å². The lowest BCUT2D eigenvalue weighted by atomic mass is 9.97. The lowest BCUT2D eigenvalue weighted by Gasteiger charge is -2.19. The summed E-state index contributed by atoms with van der Waals surface area (Å²) in [6.45, 7) is 3.99. The number of hydrogen-bond acceptors (Lipinski definition) is 3. The molecule has 156 valence electrons. The van der Waals surface area contributed by atoms with E-state index in [4.69, 9.17) is 16.6 Å². The van der Waals surface area contributed by atoms with Crippen molar-refractivity contribution in [1.29, 1.82) is 5.26 Å². The highest BCUT2D eigenvalue weighted by Crippen LogP contribution is 2.34. The maximum Gasteiger partial charge on any atom is 0.157 e. The van der Waals surface area contributed by atoms with Crippen LogP contribution in [-0.2, 0) is 6.42 Å². The monoisotopic (exact) mass is 436 g/mol. The van der Waals surface area contributed by atoms with E-state index < -0.39 is 0 Å². The molecule has 0 amide bonds. The maximum atomic E-state index is 10.0. The van der Waals surface area contributed by atoms with Gasteiger partial charge in [-0.3, -0.25) is 4.40 Å². The minimum Gasteiger partial charge on any atom is -0.341 e. The summed E-state index contributed by atoms with van der Waals surface area (Å²) in [5, 5.41) is 14.3. The fraction of sp³-hybridized carbons (Fsp3) is 0.111. The molecule has 4 nitrogen and oxygen atoms in total. The molecular formula is C27H21ClN4. The number of para-hydroxylation sites is 2. The average Bonchev–Trinajstić information content (AvgIpc) is 3.18. The number of imidazole rings is 1. The van der Waals surface area contributed by atoms with Gasteiger partial charge >= 0.3 is 0 Å². The number of nitrogens with zero attached hydrogens (tertiary/aromatic N) is 3. The van der Waals surface area contributed by atoms with E-state index in [9.17, 15) is 5.26 Å². The zero-order valence-electron chi connectivity index (χ0n) is 17.9. The van der Waals surface area contributed by atoms with Gasteiger partial charge in [-0.2, -0.15) is 5.26 Å². The molecule has 32 heavy (non-hydrogen) atoms. The van der Waals surface area contributed by atoms with Gasteiger partial charge in [0.25, 0.3) is 0 Å². The SMILES string of the molecule is Cc1ccc(Nc2c(Cc3ccccc3)c(C)c(C#N)c3nc4ccccc4n23)cc1Cl. The molecule has 0 unspecified atom stereocenters. The summed E-state index contributed by atoms with van der Waals surface area (Å²) in [5.74, 6) is 0.897. The fourth-order valence-electron chi connectivity index (χ4n) is 4.14. The van der Waals surface area contributed by atoms with Gasteiger partial charge in [0, 0.05) is 22.7 Å². The van der Waals surface area contributed by atoms with Crippen LogP contribution in [0.25, 0.3) is 16.7 Å². The van der Waals surface area contributed by atoms with Crippen LogP contribution < -0.4 is 5.32 Å². The van der Waals surface area contributed by atoms with Crippen LogP contribution in [-0.4, -0.2) is 9.38 Å². The Morgan fingerprint density at radius 1 is 1.00 bits per heavy atom. The minimum atomic E-state index is 0.597. The zero-order valence-corrected chi connectivity index (χ0v) is 18.6. The number of nitrogens with one attached hydrogen (secondary N) is 1. The summed E-state index contributed by atoms with van der Waals surface area (Å²) < 4.78 is 2.06. The Kier molecular flexibility index (Phi) is 5.05. The van der Waals surface area contributed by atoms with Crippen LogP contribution >= 0.6 is 11.6 Å². The van der Waals surface area contributed by atoms with Crippen molar-refractivity contribution in [2.45, 2.75) is 20.3 Å². The molecule has 2 aromatic heterocycles.